The van der Waals surface area contributed by atoms with Gasteiger partial charge in [0.05, 0.1) is 26.9 Å². The predicted molar refractivity (Wildman–Crippen MR) is 122 cm³/mol. The van der Waals surface area contributed by atoms with E-state index in [1.165, 1.54) is 0 Å². The fourth-order valence-electron chi connectivity index (χ4n) is 4.64. The number of nitrogens with zero attached hydrogens (tertiary/aromatic N) is 3. The van der Waals surface area contributed by atoms with E-state index in [4.69, 9.17) is 18.9 Å². The van der Waals surface area contributed by atoms with Gasteiger partial charge in [0.1, 0.15) is 6.10 Å². The molecule has 174 valence electrons. The zero-order chi connectivity index (χ0) is 22.5. The maximum atomic E-state index is 13.2. The van der Waals surface area contributed by atoms with Crippen LogP contribution < -0.4 is 18.9 Å². The molecule has 2 aliphatic rings. The molecular weight excluding hydrogens is 430 g/mol. The third kappa shape index (κ3) is 4.78. The summed E-state index contributed by atoms with van der Waals surface area (Å²) in [5, 5.41) is 2.71. The first-order chi connectivity index (χ1) is 15.6. The molecular formula is C23H31N3O5S. The fraction of sp³-hybridized carbons (Fsp3) is 0.565. The molecule has 4 rings (SSSR count). The maximum Gasteiger partial charge on any atom is 0.273 e. The minimum atomic E-state index is -0.0307. The Morgan fingerprint density at radius 1 is 0.969 bits per heavy atom. The molecule has 3 heterocycles. The smallest absolute Gasteiger partial charge is 0.273 e. The second kappa shape index (κ2) is 10.4. The average molecular weight is 462 g/mol. The Kier molecular flexibility index (Phi) is 7.36. The summed E-state index contributed by atoms with van der Waals surface area (Å²) in [5.74, 6) is 1.37. The standard InChI is InChI=1S/C23H31N3O5S/c1-28-19-5-4-18(20(29-2)21(19)30-3)22(27)26-11-6-16(7-12-26)25-13-8-17(9-14-25)31-23-24-10-15-32-23/h4-5,10,15-17H,6-9,11-14H2,1-3H3. The molecule has 0 atom stereocenters. The minimum absolute atomic E-state index is 0.0307. The number of methoxy groups -OCH3 is 3. The minimum Gasteiger partial charge on any atom is -0.493 e. The van der Waals surface area contributed by atoms with Crippen molar-refractivity contribution in [1.29, 1.82) is 0 Å². The molecule has 9 heteroatoms. The molecule has 0 bridgehead atoms. The lowest BCUT2D eigenvalue weighted by molar-refractivity contribution is 0.0423. The maximum absolute atomic E-state index is 13.2. The molecule has 1 aromatic heterocycles. The quantitative estimate of drug-likeness (QED) is 0.626. The van der Waals surface area contributed by atoms with Crippen molar-refractivity contribution in [3.05, 3.63) is 29.3 Å². The molecule has 2 aromatic rings. The number of rotatable bonds is 7. The summed E-state index contributed by atoms with van der Waals surface area (Å²) in [7, 11) is 4.66. The van der Waals surface area contributed by atoms with Gasteiger partial charge in [-0.25, -0.2) is 4.98 Å². The number of piperidine rings is 2. The summed E-state index contributed by atoms with van der Waals surface area (Å²) in [5.41, 5.74) is 0.503. The van der Waals surface area contributed by atoms with Gasteiger partial charge in [-0.1, -0.05) is 11.3 Å². The van der Waals surface area contributed by atoms with Gasteiger partial charge < -0.3 is 23.8 Å². The molecule has 0 radical (unpaired) electrons. The van der Waals surface area contributed by atoms with Gasteiger partial charge in [-0.15, -0.1) is 0 Å². The number of amides is 1. The van der Waals surface area contributed by atoms with Gasteiger partial charge in [0.15, 0.2) is 11.5 Å². The van der Waals surface area contributed by atoms with Crippen molar-refractivity contribution in [2.45, 2.75) is 37.8 Å². The van der Waals surface area contributed by atoms with Gasteiger partial charge in [0, 0.05) is 43.8 Å². The van der Waals surface area contributed by atoms with Gasteiger partial charge in [-0.2, -0.15) is 0 Å². The molecule has 8 nitrogen and oxygen atoms in total. The number of hydrogen-bond acceptors (Lipinski definition) is 8. The zero-order valence-corrected chi connectivity index (χ0v) is 19.7. The van der Waals surface area contributed by atoms with Crippen LogP contribution in [0.1, 0.15) is 36.0 Å². The van der Waals surface area contributed by atoms with Crippen molar-refractivity contribution in [3.63, 3.8) is 0 Å². The van der Waals surface area contributed by atoms with Crippen LogP contribution in [0.2, 0.25) is 0 Å². The largest absolute Gasteiger partial charge is 0.493 e. The normalized spacial score (nSPS) is 18.4. The molecule has 1 amide bonds. The van der Waals surface area contributed by atoms with Crippen LogP contribution in [0.5, 0.6) is 22.4 Å². The van der Waals surface area contributed by atoms with Crippen molar-refractivity contribution in [2.24, 2.45) is 0 Å². The highest BCUT2D eigenvalue weighted by atomic mass is 32.1. The lowest BCUT2D eigenvalue weighted by Gasteiger charge is -2.41. The van der Waals surface area contributed by atoms with Crippen molar-refractivity contribution < 1.29 is 23.7 Å². The molecule has 0 spiro atoms. The molecule has 1 aromatic carbocycles. The number of likely N-dealkylation sites (tertiary alicyclic amines) is 2. The predicted octanol–water partition coefficient (Wildman–Crippen LogP) is 3.32. The van der Waals surface area contributed by atoms with Crippen LogP contribution in [0.4, 0.5) is 0 Å². The lowest BCUT2D eigenvalue weighted by atomic mass is 9.98. The zero-order valence-electron chi connectivity index (χ0n) is 18.9. The van der Waals surface area contributed by atoms with Gasteiger partial charge in [0.25, 0.3) is 11.1 Å². The second-order valence-electron chi connectivity index (χ2n) is 8.06. The molecule has 0 unspecified atom stereocenters. The Morgan fingerprint density at radius 2 is 1.69 bits per heavy atom. The number of ether oxygens (including phenoxy) is 4. The topological polar surface area (TPSA) is 73.4 Å². The Balaban J connectivity index is 1.32. The van der Waals surface area contributed by atoms with E-state index in [0.717, 1.165) is 57.1 Å². The van der Waals surface area contributed by atoms with Gasteiger partial charge in [0.2, 0.25) is 5.75 Å². The Bertz CT molecular complexity index is 891. The molecule has 32 heavy (non-hydrogen) atoms. The fourth-order valence-corrected chi connectivity index (χ4v) is 5.20. The van der Waals surface area contributed by atoms with Gasteiger partial charge in [-0.05, 0) is 37.8 Å². The highest BCUT2D eigenvalue weighted by molar-refractivity contribution is 7.11. The lowest BCUT2D eigenvalue weighted by Crippen LogP contribution is -2.50. The summed E-state index contributed by atoms with van der Waals surface area (Å²) >= 11 is 1.55. The van der Waals surface area contributed by atoms with E-state index >= 15 is 0 Å². The molecule has 0 aliphatic carbocycles. The summed E-state index contributed by atoms with van der Waals surface area (Å²) in [6.45, 7) is 3.52. The van der Waals surface area contributed by atoms with Crippen molar-refractivity contribution in [1.82, 2.24) is 14.8 Å². The van der Waals surface area contributed by atoms with Crippen LogP contribution in [0, 0.1) is 0 Å². The van der Waals surface area contributed by atoms with E-state index in [9.17, 15) is 4.79 Å². The van der Waals surface area contributed by atoms with Gasteiger partial charge >= 0.3 is 0 Å². The Hall–Kier alpha value is -2.52. The van der Waals surface area contributed by atoms with E-state index in [-0.39, 0.29) is 12.0 Å². The number of thiazole rings is 1. The Labute approximate surface area is 193 Å². The number of carbonyl (C=O) groups is 1. The molecule has 2 saturated heterocycles. The highest BCUT2D eigenvalue weighted by Gasteiger charge is 2.32. The van der Waals surface area contributed by atoms with Crippen molar-refractivity contribution in [3.8, 4) is 22.4 Å². The highest BCUT2D eigenvalue weighted by Crippen LogP contribution is 2.40. The monoisotopic (exact) mass is 461 g/mol. The van der Waals surface area contributed by atoms with E-state index in [2.05, 4.69) is 9.88 Å². The van der Waals surface area contributed by atoms with E-state index in [0.29, 0.717) is 28.9 Å². The summed E-state index contributed by atoms with van der Waals surface area (Å²) in [6, 6.07) is 4.01. The number of hydrogen-bond donors (Lipinski definition) is 0. The van der Waals surface area contributed by atoms with Crippen LogP contribution in [0.25, 0.3) is 0 Å². The van der Waals surface area contributed by atoms with Crippen LogP contribution in [-0.2, 0) is 0 Å². The molecule has 0 N–H and O–H groups in total. The van der Waals surface area contributed by atoms with E-state index in [1.54, 1.807) is 51.0 Å². The molecule has 0 saturated carbocycles. The van der Waals surface area contributed by atoms with Crippen LogP contribution >= 0.6 is 11.3 Å². The first kappa shape index (κ1) is 22.7. The third-order valence-corrected chi connectivity index (χ3v) is 7.02. The first-order valence-electron chi connectivity index (χ1n) is 11.0. The number of carbonyl (C=O) groups excluding carboxylic acids is 1. The summed E-state index contributed by atoms with van der Waals surface area (Å²) < 4.78 is 22.3. The molecule has 2 fully saturated rings. The second-order valence-corrected chi connectivity index (χ2v) is 8.91. The Morgan fingerprint density at radius 3 is 2.28 bits per heavy atom. The molecule has 2 aliphatic heterocycles. The van der Waals surface area contributed by atoms with Gasteiger partial charge in [-0.3, -0.25) is 9.69 Å². The van der Waals surface area contributed by atoms with Crippen LogP contribution in [0.15, 0.2) is 23.7 Å². The number of aromatic nitrogens is 1. The number of benzene rings is 1. The first-order valence-corrected chi connectivity index (χ1v) is 11.9. The van der Waals surface area contributed by atoms with Crippen LogP contribution in [-0.4, -0.2) is 80.3 Å². The van der Waals surface area contributed by atoms with Crippen molar-refractivity contribution in [2.75, 3.05) is 47.5 Å². The average Bonchev–Trinajstić information content (AvgIpc) is 3.36. The summed E-state index contributed by atoms with van der Waals surface area (Å²) in [6.07, 6.45) is 6.00. The van der Waals surface area contributed by atoms with E-state index < -0.39 is 0 Å². The van der Waals surface area contributed by atoms with E-state index in [1.807, 2.05) is 10.3 Å². The van der Waals surface area contributed by atoms with Crippen LogP contribution in [0.3, 0.4) is 0 Å². The summed E-state index contributed by atoms with van der Waals surface area (Å²) in [4.78, 5) is 21.9. The third-order valence-electron chi connectivity index (χ3n) is 6.36. The SMILES string of the molecule is COc1ccc(C(=O)N2CCC(N3CCC(Oc4nccs4)CC3)CC2)c(OC)c1OC. The van der Waals surface area contributed by atoms with Crippen molar-refractivity contribution >= 4 is 17.2 Å².